The minimum absolute atomic E-state index is 0.645. The summed E-state index contributed by atoms with van der Waals surface area (Å²) < 4.78 is 5.16. The van der Waals surface area contributed by atoms with Crippen molar-refractivity contribution in [1.82, 2.24) is 0 Å². The first-order valence-corrected chi connectivity index (χ1v) is 5.75. The molecule has 0 spiro atoms. The van der Waals surface area contributed by atoms with Crippen LogP contribution in [0, 0.1) is 5.92 Å². The van der Waals surface area contributed by atoms with Crippen molar-refractivity contribution in [2.45, 2.75) is 20.3 Å². The molecule has 0 saturated carbocycles. The molecule has 0 amide bonds. The lowest BCUT2D eigenvalue weighted by Gasteiger charge is -2.04. The van der Waals surface area contributed by atoms with Crippen LogP contribution in [0.1, 0.15) is 25.8 Å². The van der Waals surface area contributed by atoms with Gasteiger partial charge in [-0.3, -0.25) is 0 Å². The Morgan fingerprint density at radius 2 is 1.81 bits per heavy atom. The van der Waals surface area contributed by atoms with E-state index in [-0.39, 0.29) is 0 Å². The van der Waals surface area contributed by atoms with Crippen molar-refractivity contribution >= 4 is 5.57 Å². The van der Waals surface area contributed by atoms with E-state index in [0.717, 1.165) is 12.2 Å². The molecule has 1 nitrogen and oxygen atoms in total. The molecule has 1 aromatic rings. The first-order chi connectivity index (χ1) is 7.70. The third-order valence-electron chi connectivity index (χ3n) is 3.06. The van der Waals surface area contributed by atoms with Gasteiger partial charge in [0.2, 0.25) is 0 Å². The predicted molar refractivity (Wildman–Crippen MR) is 68.5 cm³/mol. The molecule has 16 heavy (non-hydrogen) atoms. The SMILES string of the molecule is COc1ccc(C2=CCC(C(C)C)=C2)cc1. The normalized spacial score (nSPS) is 15.0. The predicted octanol–water partition coefficient (Wildman–Crippen LogP) is 4.06. The molecule has 0 fully saturated rings. The highest BCUT2D eigenvalue weighted by molar-refractivity contribution is 5.77. The molecule has 1 heteroatoms. The maximum atomic E-state index is 5.16. The molecule has 2 rings (SSSR count). The smallest absolute Gasteiger partial charge is 0.118 e. The minimum Gasteiger partial charge on any atom is -0.497 e. The summed E-state index contributed by atoms with van der Waals surface area (Å²) in [6.45, 7) is 4.49. The summed E-state index contributed by atoms with van der Waals surface area (Å²) in [4.78, 5) is 0. The van der Waals surface area contributed by atoms with Crippen LogP contribution in [-0.2, 0) is 0 Å². The second-order valence-corrected chi connectivity index (χ2v) is 4.47. The molecule has 1 aliphatic rings. The van der Waals surface area contributed by atoms with E-state index in [4.69, 9.17) is 4.74 Å². The van der Waals surface area contributed by atoms with Crippen molar-refractivity contribution in [3.8, 4) is 5.75 Å². The standard InChI is InChI=1S/C15H18O/c1-11(2)13-4-5-14(10-13)12-6-8-15(16-3)9-7-12/h5-11H,4H2,1-3H3. The Morgan fingerprint density at radius 1 is 1.12 bits per heavy atom. The lowest BCUT2D eigenvalue weighted by molar-refractivity contribution is 0.415. The molecule has 0 radical (unpaired) electrons. The zero-order valence-corrected chi connectivity index (χ0v) is 10.2. The van der Waals surface area contributed by atoms with Crippen LogP contribution >= 0.6 is 0 Å². The lowest BCUT2D eigenvalue weighted by Crippen LogP contribution is -1.89. The Morgan fingerprint density at radius 3 is 2.31 bits per heavy atom. The summed E-state index contributed by atoms with van der Waals surface area (Å²) in [5, 5.41) is 0. The first-order valence-electron chi connectivity index (χ1n) is 5.75. The molecule has 1 aromatic carbocycles. The number of ether oxygens (including phenoxy) is 1. The van der Waals surface area contributed by atoms with Gasteiger partial charge in [-0.1, -0.05) is 43.7 Å². The topological polar surface area (TPSA) is 9.23 Å². The molecule has 0 aromatic heterocycles. The summed E-state index contributed by atoms with van der Waals surface area (Å²) >= 11 is 0. The molecular formula is C15H18O. The van der Waals surface area contributed by atoms with Gasteiger partial charge >= 0.3 is 0 Å². The molecule has 0 aliphatic heterocycles. The molecule has 0 bridgehead atoms. The Bertz CT molecular complexity index is 421. The number of rotatable bonds is 3. The van der Waals surface area contributed by atoms with E-state index in [2.05, 4.69) is 38.1 Å². The lowest BCUT2D eigenvalue weighted by atomic mass is 10.0. The van der Waals surface area contributed by atoms with Gasteiger partial charge in [0.15, 0.2) is 0 Å². The van der Waals surface area contributed by atoms with Crippen LogP contribution < -0.4 is 4.74 Å². The van der Waals surface area contributed by atoms with Crippen LogP contribution in [-0.4, -0.2) is 7.11 Å². The number of methoxy groups -OCH3 is 1. The fourth-order valence-electron chi connectivity index (χ4n) is 1.93. The monoisotopic (exact) mass is 214 g/mol. The van der Waals surface area contributed by atoms with E-state index in [9.17, 15) is 0 Å². The second-order valence-electron chi connectivity index (χ2n) is 4.47. The van der Waals surface area contributed by atoms with Gasteiger partial charge in [0.25, 0.3) is 0 Å². The van der Waals surface area contributed by atoms with Crippen molar-refractivity contribution in [3.63, 3.8) is 0 Å². The van der Waals surface area contributed by atoms with E-state index in [1.54, 1.807) is 7.11 Å². The van der Waals surface area contributed by atoms with Crippen molar-refractivity contribution in [1.29, 1.82) is 0 Å². The highest BCUT2D eigenvalue weighted by Crippen LogP contribution is 2.30. The van der Waals surface area contributed by atoms with Crippen LogP contribution in [0.4, 0.5) is 0 Å². The zero-order chi connectivity index (χ0) is 11.5. The number of hydrogen-bond donors (Lipinski definition) is 0. The van der Waals surface area contributed by atoms with E-state index < -0.39 is 0 Å². The largest absolute Gasteiger partial charge is 0.497 e. The average molecular weight is 214 g/mol. The van der Waals surface area contributed by atoms with Crippen LogP contribution in [0.5, 0.6) is 5.75 Å². The van der Waals surface area contributed by atoms with Crippen LogP contribution in [0.2, 0.25) is 0 Å². The summed E-state index contributed by atoms with van der Waals surface area (Å²) in [6.07, 6.45) is 5.71. The summed E-state index contributed by atoms with van der Waals surface area (Å²) in [5.74, 6) is 1.56. The van der Waals surface area contributed by atoms with Crippen molar-refractivity contribution in [2.75, 3.05) is 7.11 Å². The molecule has 0 saturated heterocycles. The highest BCUT2D eigenvalue weighted by atomic mass is 16.5. The fraction of sp³-hybridized carbons (Fsp3) is 0.333. The Kier molecular flexibility index (Phi) is 3.14. The van der Waals surface area contributed by atoms with Crippen LogP contribution in [0.25, 0.3) is 5.57 Å². The maximum absolute atomic E-state index is 5.16. The number of benzene rings is 1. The average Bonchev–Trinajstić information content (AvgIpc) is 2.78. The van der Waals surface area contributed by atoms with Gasteiger partial charge in [0, 0.05) is 0 Å². The fourth-order valence-corrected chi connectivity index (χ4v) is 1.93. The zero-order valence-electron chi connectivity index (χ0n) is 10.2. The summed E-state index contributed by atoms with van der Waals surface area (Å²) in [5.41, 5.74) is 4.13. The third-order valence-corrected chi connectivity index (χ3v) is 3.06. The quantitative estimate of drug-likeness (QED) is 0.737. The summed E-state index contributed by atoms with van der Waals surface area (Å²) in [7, 11) is 1.70. The van der Waals surface area contributed by atoms with E-state index in [1.165, 1.54) is 16.7 Å². The summed E-state index contributed by atoms with van der Waals surface area (Å²) in [6, 6.07) is 8.25. The molecule has 0 atom stereocenters. The van der Waals surface area contributed by atoms with Crippen molar-refractivity contribution in [3.05, 3.63) is 47.6 Å². The van der Waals surface area contributed by atoms with E-state index in [1.807, 2.05) is 12.1 Å². The minimum atomic E-state index is 0.645. The van der Waals surface area contributed by atoms with E-state index >= 15 is 0 Å². The Hall–Kier alpha value is -1.50. The van der Waals surface area contributed by atoms with Gasteiger partial charge in [0.05, 0.1) is 7.11 Å². The van der Waals surface area contributed by atoms with Crippen LogP contribution in [0.3, 0.4) is 0 Å². The molecular weight excluding hydrogens is 196 g/mol. The number of allylic oxidation sites excluding steroid dienone is 4. The van der Waals surface area contributed by atoms with E-state index in [0.29, 0.717) is 5.92 Å². The molecule has 0 unspecified atom stereocenters. The number of hydrogen-bond acceptors (Lipinski definition) is 1. The van der Waals surface area contributed by atoms with Crippen molar-refractivity contribution in [2.24, 2.45) is 5.92 Å². The molecule has 1 aliphatic carbocycles. The van der Waals surface area contributed by atoms with Gasteiger partial charge in [0.1, 0.15) is 5.75 Å². The van der Waals surface area contributed by atoms with Gasteiger partial charge in [-0.25, -0.2) is 0 Å². The maximum Gasteiger partial charge on any atom is 0.118 e. The third kappa shape index (κ3) is 2.19. The van der Waals surface area contributed by atoms with Gasteiger partial charge < -0.3 is 4.74 Å². The Balaban J connectivity index is 2.20. The molecule has 0 heterocycles. The van der Waals surface area contributed by atoms with Gasteiger partial charge in [-0.05, 0) is 35.6 Å². The first kappa shape index (κ1) is 11.0. The van der Waals surface area contributed by atoms with Crippen LogP contribution in [0.15, 0.2) is 42.0 Å². The molecule has 0 N–H and O–H groups in total. The molecule has 84 valence electrons. The Labute approximate surface area is 97.4 Å². The second kappa shape index (κ2) is 4.56. The highest BCUT2D eigenvalue weighted by Gasteiger charge is 2.10. The van der Waals surface area contributed by atoms with Gasteiger partial charge in [-0.2, -0.15) is 0 Å². The van der Waals surface area contributed by atoms with Crippen molar-refractivity contribution < 1.29 is 4.74 Å². The van der Waals surface area contributed by atoms with Gasteiger partial charge in [-0.15, -0.1) is 0 Å².